The quantitative estimate of drug-likeness (QED) is 0.308. The molecule has 0 aromatic carbocycles. The number of ether oxygens (including phenoxy) is 1. The van der Waals surface area contributed by atoms with Crippen molar-refractivity contribution in [2.45, 2.75) is 19.8 Å². The highest BCUT2D eigenvalue weighted by Crippen LogP contribution is 2.22. The van der Waals surface area contributed by atoms with Crippen molar-refractivity contribution < 1.29 is 19.7 Å². The van der Waals surface area contributed by atoms with Crippen LogP contribution in [-0.2, 0) is 4.74 Å². The Labute approximate surface area is 120 Å². The monoisotopic (exact) mass is 296 g/mol. The number of hydrogen-bond acceptors (Lipinski definition) is 7. The van der Waals surface area contributed by atoms with E-state index >= 15 is 0 Å². The van der Waals surface area contributed by atoms with Crippen molar-refractivity contribution in [3.05, 3.63) is 55.3 Å². The second-order valence-electron chi connectivity index (χ2n) is 4.10. The Morgan fingerprint density at radius 2 is 1.76 bits per heavy atom. The zero-order chi connectivity index (χ0) is 16.0. The molecule has 0 unspecified atom stereocenters. The minimum absolute atomic E-state index is 0.232. The summed E-state index contributed by atoms with van der Waals surface area (Å²) in [5, 5.41) is 33.6. The summed E-state index contributed by atoms with van der Waals surface area (Å²) >= 11 is 0. The fourth-order valence-corrected chi connectivity index (χ4v) is 1.63. The van der Waals surface area contributed by atoms with Gasteiger partial charge in [0, 0.05) is 24.3 Å². The first-order valence-corrected chi connectivity index (χ1v) is 6.15. The molecule has 0 radical (unpaired) electrons. The third-order valence-electron chi connectivity index (χ3n) is 2.67. The average Bonchev–Trinajstić information content (AvgIpc) is 2.45. The molecule has 9 heteroatoms. The Morgan fingerprint density at radius 3 is 2.14 bits per heavy atom. The molecular formula is C12H14N3O6-. The fraction of sp³-hybridized carbons (Fsp3) is 0.417. The second kappa shape index (κ2) is 7.17. The van der Waals surface area contributed by atoms with Crippen LogP contribution in [0.1, 0.15) is 19.8 Å². The number of allylic oxidation sites excluding steroid dienone is 3. The molecule has 114 valence electrons. The first kappa shape index (κ1) is 16.3. The van der Waals surface area contributed by atoms with Gasteiger partial charge in [0.25, 0.3) is 0 Å². The molecule has 0 saturated heterocycles. The topological polar surface area (TPSA) is 131 Å². The van der Waals surface area contributed by atoms with E-state index in [0.29, 0.717) is 6.42 Å². The van der Waals surface area contributed by atoms with Crippen molar-refractivity contribution in [1.29, 1.82) is 0 Å². The lowest BCUT2D eigenvalue weighted by Crippen LogP contribution is -2.24. The number of hydrogen-bond donors (Lipinski definition) is 0. The molecule has 0 saturated carbocycles. The maximum atomic E-state index is 11.4. The molecule has 0 N–H and O–H groups in total. The minimum Gasteiger partial charge on any atom is -0.616 e. The van der Waals surface area contributed by atoms with E-state index in [0.717, 1.165) is 25.7 Å². The molecule has 0 bridgehead atoms. The number of rotatable bonds is 6. The van der Waals surface area contributed by atoms with E-state index in [1.54, 1.807) is 0 Å². The Balaban J connectivity index is 3.40. The summed E-state index contributed by atoms with van der Waals surface area (Å²) in [4.78, 5) is 24.5. The fourth-order valence-electron chi connectivity index (χ4n) is 1.63. The summed E-state index contributed by atoms with van der Waals surface area (Å²) in [7, 11) is 1.08. The summed E-state index contributed by atoms with van der Waals surface area (Å²) in [5.74, 6) is -0.888. The van der Waals surface area contributed by atoms with Gasteiger partial charge in [-0.2, -0.15) is 0 Å². The largest absolute Gasteiger partial charge is 0.616 e. The van der Waals surface area contributed by atoms with Crippen LogP contribution < -0.4 is 5.11 Å². The zero-order valence-corrected chi connectivity index (χ0v) is 11.6. The third-order valence-corrected chi connectivity index (χ3v) is 2.67. The molecule has 0 fully saturated rings. The third kappa shape index (κ3) is 3.88. The van der Waals surface area contributed by atoms with Crippen molar-refractivity contribution in [2.75, 3.05) is 13.7 Å². The summed E-state index contributed by atoms with van der Waals surface area (Å²) < 4.78 is 4.43. The SMILES string of the molecule is CCCCN=C1C([N+](=O)[O-])=CC(=C([O-])OC)C=C1[N+](=O)[O-]. The van der Waals surface area contributed by atoms with Gasteiger partial charge >= 0.3 is 11.4 Å². The lowest BCUT2D eigenvalue weighted by atomic mass is 10.0. The maximum Gasteiger partial charge on any atom is 0.302 e. The molecule has 9 nitrogen and oxygen atoms in total. The Bertz CT molecular complexity index is 538. The van der Waals surface area contributed by atoms with Gasteiger partial charge < -0.3 is 9.84 Å². The van der Waals surface area contributed by atoms with Crippen molar-refractivity contribution in [1.82, 2.24) is 0 Å². The van der Waals surface area contributed by atoms with Gasteiger partial charge in [-0.05, 0) is 13.5 Å². The van der Waals surface area contributed by atoms with E-state index < -0.39 is 27.2 Å². The summed E-state index contributed by atoms with van der Waals surface area (Å²) in [5.41, 5.74) is -1.75. The smallest absolute Gasteiger partial charge is 0.302 e. The number of aliphatic imine (C=N–C) groups is 1. The minimum atomic E-state index is -0.888. The van der Waals surface area contributed by atoms with Crippen molar-refractivity contribution in [3.8, 4) is 0 Å². The van der Waals surface area contributed by atoms with Crippen molar-refractivity contribution in [3.63, 3.8) is 0 Å². The van der Waals surface area contributed by atoms with E-state index in [-0.39, 0.29) is 17.8 Å². The molecule has 0 aliphatic heterocycles. The van der Waals surface area contributed by atoms with Crippen LogP contribution in [0.4, 0.5) is 0 Å². The number of methoxy groups -OCH3 is 1. The zero-order valence-electron chi connectivity index (χ0n) is 11.6. The van der Waals surface area contributed by atoms with Crippen LogP contribution in [0.3, 0.4) is 0 Å². The standard InChI is InChI=1S/C12H15N3O6/c1-3-4-5-13-11-9(14(17)18)6-8(12(16)21-2)7-10(11)15(19)20/h6-7,16H,3-5H2,1-2H3/p-1. The molecule has 21 heavy (non-hydrogen) atoms. The van der Waals surface area contributed by atoms with Gasteiger partial charge in [-0.1, -0.05) is 13.3 Å². The van der Waals surface area contributed by atoms with Gasteiger partial charge in [-0.3, -0.25) is 25.2 Å². The van der Waals surface area contributed by atoms with Gasteiger partial charge in [0.2, 0.25) is 5.71 Å². The van der Waals surface area contributed by atoms with Gasteiger partial charge in [-0.25, -0.2) is 0 Å². The molecule has 1 aliphatic carbocycles. The first-order valence-electron chi connectivity index (χ1n) is 6.15. The molecular weight excluding hydrogens is 282 g/mol. The Hall–Kier alpha value is -2.71. The summed E-state index contributed by atoms with van der Waals surface area (Å²) in [6, 6.07) is 0. The van der Waals surface area contributed by atoms with Gasteiger partial charge in [0.1, 0.15) is 0 Å². The number of nitro groups is 2. The highest BCUT2D eigenvalue weighted by Gasteiger charge is 2.35. The van der Waals surface area contributed by atoms with Crippen molar-refractivity contribution >= 4 is 5.71 Å². The van der Waals surface area contributed by atoms with Crippen LogP contribution in [-0.4, -0.2) is 29.2 Å². The van der Waals surface area contributed by atoms with E-state index in [4.69, 9.17) is 0 Å². The van der Waals surface area contributed by atoms with E-state index in [2.05, 4.69) is 9.73 Å². The lowest BCUT2D eigenvalue weighted by molar-refractivity contribution is -0.428. The van der Waals surface area contributed by atoms with Crippen LogP contribution >= 0.6 is 0 Å². The van der Waals surface area contributed by atoms with E-state index in [1.807, 2.05) is 6.92 Å². The predicted molar refractivity (Wildman–Crippen MR) is 71.4 cm³/mol. The average molecular weight is 296 g/mol. The predicted octanol–water partition coefficient (Wildman–Crippen LogP) is 0.781. The number of unbranched alkanes of at least 4 members (excludes halogenated alkanes) is 1. The molecule has 0 aromatic heterocycles. The lowest BCUT2D eigenvalue weighted by Gasteiger charge is -2.14. The van der Waals surface area contributed by atoms with Crippen LogP contribution in [0.25, 0.3) is 0 Å². The highest BCUT2D eigenvalue weighted by atomic mass is 16.6. The van der Waals surface area contributed by atoms with Crippen molar-refractivity contribution in [2.24, 2.45) is 4.99 Å². The van der Waals surface area contributed by atoms with Gasteiger partial charge in [0.05, 0.1) is 15.8 Å². The number of nitrogens with zero attached hydrogens (tertiary/aromatic N) is 3. The molecule has 1 rings (SSSR count). The first-order chi connectivity index (χ1) is 9.92. The van der Waals surface area contributed by atoms with Crippen LogP contribution in [0, 0.1) is 20.2 Å². The molecule has 0 aromatic rings. The summed E-state index contributed by atoms with van der Waals surface area (Å²) in [6.45, 7) is 2.13. The Morgan fingerprint density at radius 1 is 1.24 bits per heavy atom. The second-order valence-corrected chi connectivity index (χ2v) is 4.10. The maximum absolute atomic E-state index is 11.4. The van der Waals surface area contributed by atoms with E-state index in [1.165, 1.54) is 0 Å². The van der Waals surface area contributed by atoms with Crippen LogP contribution in [0.5, 0.6) is 0 Å². The highest BCUT2D eigenvalue weighted by molar-refractivity contribution is 6.11. The summed E-state index contributed by atoms with van der Waals surface area (Å²) in [6.07, 6.45) is 3.31. The van der Waals surface area contributed by atoms with E-state index in [9.17, 15) is 25.3 Å². The molecule has 1 aliphatic rings. The molecule has 0 spiro atoms. The Kier molecular flexibility index (Phi) is 5.58. The normalized spacial score (nSPS) is 14.2. The molecule has 0 amide bonds. The van der Waals surface area contributed by atoms with Gasteiger partial charge in [0.15, 0.2) is 0 Å². The molecule has 0 heterocycles. The molecule has 0 atom stereocenters. The van der Waals surface area contributed by atoms with Crippen LogP contribution in [0.15, 0.2) is 40.1 Å². The van der Waals surface area contributed by atoms with Crippen LogP contribution in [0.2, 0.25) is 0 Å². The van der Waals surface area contributed by atoms with Gasteiger partial charge in [-0.15, -0.1) is 0 Å².